The van der Waals surface area contributed by atoms with E-state index in [-0.39, 0.29) is 17.4 Å². The minimum absolute atomic E-state index is 0.130. The number of aliphatic hydroxyl groups is 1. The van der Waals surface area contributed by atoms with E-state index in [9.17, 15) is 8.42 Å². The zero-order chi connectivity index (χ0) is 15.9. The monoisotopic (exact) mass is 315 g/mol. The Labute approximate surface area is 127 Å². The largest absolute Gasteiger partial charge is 0.494 e. The van der Waals surface area contributed by atoms with Crippen molar-refractivity contribution in [2.24, 2.45) is 5.92 Å². The molecule has 21 heavy (non-hydrogen) atoms. The molecule has 0 bridgehead atoms. The van der Waals surface area contributed by atoms with E-state index in [2.05, 4.69) is 4.72 Å². The molecule has 5 nitrogen and oxygen atoms in total. The SMILES string of the molecule is CCOc1ccc(S(=O)(=O)NCCCC(C)CO)cc1C. The average Bonchev–Trinajstić information content (AvgIpc) is 2.45. The van der Waals surface area contributed by atoms with Crippen molar-refractivity contribution >= 4 is 10.0 Å². The van der Waals surface area contributed by atoms with Crippen molar-refractivity contribution in [3.63, 3.8) is 0 Å². The number of hydrogen-bond acceptors (Lipinski definition) is 4. The Morgan fingerprint density at radius 3 is 2.67 bits per heavy atom. The topological polar surface area (TPSA) is 75.6 Å². The Hall–Kier alpha value is -1.11. The van der Waals surface area contributed by atoms with E-state index in [1.54, 1.807) is 18.2 Å². The number of aliphatic hydroxyl groups excluding tert-OH is 1. The van der Waals surface area contributed by atoms with Gasteiger partial charge in [0.15, 0.2) is 0 Å². The molecule has 0 heterocycles. The normalized spacial score (nSPS) is 13.1. The van der Waals surface area contributed by atoms with Gasteiger partial charge >= 0.3 is 0 Å². The summed E-state index contributed by atoms with van der Waals surface area (Å²) in [7, 11) is -3.49. The lowest BCUT2D eigenvalue weighted by molar-refractivity contribution is 0.228. The Bertz CT molecular complexity index is 543. The molecule has 120 valence electrons. The molecule has 1 atom stereocenters. The molecule has 6 heteroatoms. The third-order valence-electron chi connectivity index (χ3n) is 3.23. The van der Waals surface area contributed by atoms with Crippen LogP contribution < -0.4 is 9.46 Å². The van der Waals surface area contributed by atoms with E-state index in [4.69, 9.17) is 9.84 Å². The molecular weight excluding hydrogens is 290 g/mol. The molecule has 0 saturated heterocycles. The van der Waals surface area contributed by atoms with Crippen molar-refractivity contribution in [1.29, 1.82) is 0 Å². The van der Waals surface area contributed by atoms with E-state index in [0.717, 1.165) is 12.0 Å². The first-order chi connectivity index (χ1) is 9.90. The smallest absolute Gasteiger partial charge is 0.240 e. The highest BCUT2D eigenvalue weighted by atomic mass is 32.2. The molecule has 1 aromatic rings. The van der Waals surface area contributed by atoms with Gasteiger partial charge < -0.3 is 9.84 Å². The van der Waals surface area contributed by atoms with Gasteiger partial charge in [0.1, 0.15) is 5.75 Å². The fourth-order valence-corrected chi connectivity index (χ4v) is 3.10. The number of ether oxygens (including phenoxy) is 1. The van der Waals surface area contributed by atoms with Gasteiger partial charge in [0.05, 0.1) is 11.5 Å². The van der Waals surface area contributed by atoms with E-state index in [1.165, 1.54) is 0 Å². The van der Waals surface area contributed by atoms with Gasteiger partial charge in [-0.15, -0.1) is 0 Å². The molecule has 1 unspecified atom stereocenters. The van der Waals surface area contributed by atoms with Gasteiger partial charge in [-0.2, -0.15) is 0 Å². The first-order valence-electron chi connectivity index (χ1n) is 7.24. The van der Waals surface area contributed by atoms with Crippen molar-refractivity contribution in [3.05, 3.63) is 23.8 Å². The second-order valence-corrected chi connectivity index (χ2v) is 6.96. The van der Waals surface area contributed by atoms with Crippen molar-refractivity contribution in [1.82, 2.24) is 4.72 Å². The molecular formula is C15H25NO4S. The second-order valence-electron chi connectivity index (χ2n) is 5.19. The number of benzene rings is 1. The maximum absolute atomic E-state index is 12.2. The molecule has 2 N–H and O–H groups in total. The van der Waals surface area contributed by atoms with E-state index >= 15 is 0 Å². The highest BCUT2D eigenvalue weighted by Crippen LogP contribution is 2.21. The lowest BCUT2D eigenvalue weighted by Gasteiger charge is -2.11. The van der Waals surface area contributed by atoms with E-state index in [1.807, 2.05) is 20.8 Å². The van der Waals surface area contributed by atoms with Gasteiger partial charge in [0, 0.05) is 13.2 Å². The molecule has 1 rings (SSSR count). The maximum Gasteiger partial charge on any atom is 0.240 e. The van der Waals surface area contributed by atoms with Gasteiger partial charge in [-0.1, -0.05) is 6.92 Å². The number of sulfonamides is 1. The summed E-state index contributed by atoms with van der Waals surface area (Å²) in [5.74, 6) is 0.899. The van der Waals surface area contributed by atoms with Crippen molar-refractivity contribution in [2.45, 2.75) is 38.5 Å². The van der Waals surface area contributed by atoms with Crippen molar-refractivity contribution < 1.29 is 18.3 Å². The fourth-order valence-electron chi connectivity index (χ4n) is 1.94. The number of hydrogen-bond donors (Lipinski definition) is 2. The molecule has 1 aromatic carbocycles. The molecule has 0 saturated carbocycles. The first kappa shape index (κ1) is 17.9. The van der Waals surface area contributed by atoms with Crippen molar-refractivity contribution in [2.75, 3.05) is 19.8 Å². The predicted molar refractivity (Wildman–Crippen MR) is 83.0 cm³/mol. The van der Waals surface area contributed by atoms with Crippen LogP contribution in [0.3, 0.4) is 0 Å². The standard InChI is InChI=1S/C15H25NO4S/c1-4-20-15-8-7-14(10-13(15)3)21(18,19)16-9-5-6-12(2)11-17/h7-8,10,12,16-17H,4-6,9,11H2,1-3H3. The fraction of sp³-hybridized carbons (Fsp3) is 0.600. The van der Waals surface area contributed by atoms with Gasteiger partial charge in [-0.25, -0.2) is 13.1 Å². The number of rotatable bonds is 9. The van der Waals surface area contributed by atoms with Crippen LogP contribution in [0.5, 0.6) is 5.75 Å². The Kier molecular flexibility index (Phi) is 7.14. The van der Waals surface area contributed by atoms with Crippen LogP contribution in [0.2, 0.25) is 0 Å². The summed E-state index contributed by atoms with van der Waals surface area (Å²) in [4.78, 5) is 0.249. The van der Waals surface area contributed by atoms with Crippen molar-refractivity contribution in [3.8, 4) is 5.75 Å². The summed E-state index contributed by atoms with van der Waals surface area (Å²) in [6.45, 7) is 6.70. The minimum Gasteiger partial charge on any atom is -0.494 e. The summed E-state index contributed by atoms with van der Waals surface area (Å²) in [6.07, 6.45) is 1.50. The zero-order valence-corrected chi connectivity index (χ0v) is 13.7. The maximum atomic E-state index is 12.2. The predicted octanol–water partition coefficient (Wildman–Crippen LogP) is 2.08. The molecule has 0 aromatic heterocycles. The van der Waals surface area contributed by atoms with Crippen LogP contribution in [0.4, 0.5) is 0 Å². The quantitative estimate of drug-likeness (QED) is 0.684. The van der Waals surface area contributed by atoms with Crippen LogP contribution in [-0.4, -0.2) is 33.3 Å². The lowest BCUT2D eigenvalue weighted by Crippen LogP contribution is -2.25. The Morgan fingerprint density at radius 2 is 2.10 bits per heavy atom. The van der Waals surface area contributed by atoms with E-state index < -0.39 is 10.0 Å². The van der Waals surface area contributed by atoms with Gasteiger partial charge in [-0.3, -0.25) is 0 Å². The van der Waals surface area contributed by atoms with Crippen LogP contribution in [0, 0.1) is 12.8 Å². The Morgan fingerprint density at radius 1 is 1.38 bits per heavy atom. The van der Waals surface area contributed by atoms with E-state index in [0.29, 0.717) is 25.3 Å². The second kappa shape index (κ2) is 8.36. The van der Waals surface area contributed by atoms with Crippen LogP contribution in [0.25, 0.3) is 0 Å². The summed E-state index contributed by atoms with van der Waals surface area (Å²) in [6, 6.07) is 4.85. The number of aryl methyl sites for hydroxylation is 1. The summed E-state index contributed by atoms with van der Waals surface area (Å²) in [5, 5.41) is 8.92. The lowest BCUT2D eigenvalue weighted by atomic mass is 10.1. The summed E-state index contributed by atoms with van der Waals surface area (Å²) >= 11 is 0. The summed E-state index contributed by atoms with van der Waals surface area (Å²) < 4.78 is 32.3. The first-order valence-corrected chi connectivity index (χ1v) is 8.73. The van der Waals surface area contributed by atoms with Crippen LogP contribution >= 0.6 is 0 Å². The third kappa shape index (κ3) is 5.65. The third-order valence-corrected chi connectivity index (χ3v) is 4.69. The van der Waals surface area contributed by atoms with Gasteiger partial charge in [0.25, 0.3) is 0 Å². The summed E-state index contributed by atoms with van der Waals surface area (Å²) in [5.41, 5.74) is 0.800. The Balaban J connectivity index is 2.64. The molecule has 0 amide bonds. The molecule has 0 aliphatic carbocycles. The molecule has 0 fully saturated rings. The highest BCUT2D eigenvalue weighted by molar-refractivity contribution is 7.89. The van der Waals surface area contributed by atoms with Crippen LogP contribution in [0.1, 0.15) is 32.3 Å². The zero-order valence-electron chi connectivity index (χ0n) is 12.9. The molecule has 0 aliphatic rings. The van der Waals surface area contributed by atoms with Crippen LogP contribution in [0.15, 0.2) is 23.1 Å². The number of nitrogens with one attached hydrogen (secondary N) is 1. The highest BCUT2D eigenvalue weighted by Gasteiger charge is 2.15. The van der Waals surface area contributed by atoms with Gasteiger partial charge in [-0.05, 0) is 56.4 Å². The van der Waals surface area contributed by atoms with Crippen LogP contribution in [-0.2, 0) is 10.0 Å². The average molecular weight is 315 g/mol. The van der Waals surface area contributed by atoms with Gasteiger partial charge in [0.2, 0.25) is 10.0 Å². The minimum atomic E-state index is -3.49. The molecule has 0 spiro atoms. The molecule has 0 aliphatic heterocycles. The molecule has 0 radical (unpaired) electrons.